The van der Waals surface area contributed by atoms with Gasteiger partial charge in [-0.15, -0.1) is 0 Å². The van der Waals surface area contributed by atoms with E-state index in [-0.39, 0.29) is 0 Å². The van der Waals surface area contributed by atoms with E-state index in [1.54, 1.807) is 0 Å². The maximum absolute atomic E-state index is 5.80. The molecule has 2 aromatic heterocycles. The lowest BCUT2D eigenvalue weighted by molar-refractivity contribution is 0.372. The molecule has 18 heavy (non-hydrogen) atoms. The lowest BCUT2D eigenvalue weighted by Crippen LogP contribution is -2.16. The maximum atomic E-state index is 5.80. The van der Waals surface area contributed by atoms with Crippen molar-refractivity contribution >= 4 is 0 Å². The second-order valence-electron chi connectivity index (χ2n) is 4.89. The molecule has 3 rings (SSSR count). The highest BCUT2D eigenvalue weighted by molar-refractivity contribution is 5.17. The Balaban J connectivity index is 1.41. The van der Waals surface area contributed by atoms with E-state index in [2.05, 4.69) is 34.5 Å². The van der Waals surface area contributed by atoms with E-state index in [1.165, 1.54) is 12.7 Å². The fourth-order valence-corrected chi connectivity index (χ4v) is 2.12. The summed E-state index contributed by atoms with van der Waals surface area (Å²) in [6.45, 7) is 3.81. The van der Waals surface area contributed by atoms with Crippen LogP contribution < -0.4 is 5.32 Å². The molecule has 2 heterocycles. The minimum atomic E-state index is 0.650. The zero-order chi connectivity index (χ0) is 12.4. The maximum Gasteiger partial charge on any atom is 0.227 e. The molecular weight excluding hydrogens is 230 g/mol. The van der Waals surface area contributed by atoms with Crippen LogP contribution >= 0.6 is 0 Å². The summed E-state index contributed by atoms with van der Waals surface area (Å²) in [4.78, 5) is 3.96. The molecule has 2 aromatic rings. The van der Waals surface area contributed by atoms with Crippen LogP contribution in [0.4, 0.5) is 0 Å². The molecule has 0 radical (unpaired) electrons. The van der Waals surface area contributed by atoms with Crippen LogP contribution in [0.5, 0.6) is 0 Å². The van der Waals surface area contributed by atoms with Gasteiger partial charge in [-0.05, 0) is 24.5 Å². The Morgan fingerprint density at radius 2 is 2.33 bits per heavy atom. The average Bonchev–Trinajstić information content (AvgIpc) is 2.86. The van der Waals surface area contributed by atoms with Crippen LogP contribution in [0, 0.1) is 5.92 Å². The summed E-state index contributed by atoms with van der Waals surface area (Å²) in [5, 5.41) is 6.87. The number of rotatable bonds is 6. The molecule has 96 valence electrons. The number of hydrogen-bond acceptors (Lipinski definition) is 5. The van der Waals surface area contributed by atoms with Gasteiger partial charge in [0, 0.05) is 18.9 Å². The smallest absolute Gasteiger partial charge is 0.227 e. The molecule has 0 saturated heterocycles. The van der Waals surface area contributed by atoms with Crippen LogP contribution in [-0.2, 0) is 13.0 Å². The van der Waals surface area contributed by atoms with Gasteiger partial charge in [-0.3, -0.25) is 0 Å². The highest BCUT2D eigenvalue weighted by atomic mass is 16.5. The van der Waals surface area contributed by atoms with Gasteiger partial charge in [-0.1, -0.05) is 12.1 Å². The monoisotopic (exact) mass is 247 g/mol. The van der Waals surface area contributed by atoms with Crippen molar-refractivity contribution < 1.29 is 8.94 Å². The number of nitrogens with one attached hydrogen (secondary N) is 1. The summed E-state index contributed by atoms with van der Waals surface area (Å²) in [6.07, 6.45) is 3.43. The highest BCUT2D eigenvalue weighted by Gasteiger charge is 2.36. The Hall–Kier alpha value is -1.62. The van der Waals surface area contributed by atoms with Crippen LogP contribution in [0.25, 0.3) is 0 Å². The van der Waals surface area contributed by atoms with Gasteiger partial charge in [-0.2, -0.15) is 4.98 Å². The molecule has 0 aromatic carbocycles. The molecule has 0 amide bonds. The second-order valence-corrected chi connectivity index (χ2v) is 4.89. The third-order valence-electron chi connectivity index (χ3n) is 3.38. The summed E-state index contributed by atoms with van der Waals surface area (Å²) in [6, 6.07) is 4.16. The Labute approximate surface area is 106 Å². The number of nitrogens with zero attached hydrogens (tertiary/aromatic N) is 2. The van der Waals surface area contributed by atoms with E-state index in [9.17, 15) is 0 Å². The van der Waals surface area contributed by atoms with Crippen LogP contribution in [0.2, 0.25) is 0 Å². The fourth-order valence-electron chi connectivity index (χ4n) is 2.12. The van der Waals surface area contributed by atoms with Gasteiger partial charge in [0.15, 0.2) is 6.33 Å². The molecule has 5 heteroatoms. The first-order valence-corrected chi connectivity index (χ1v) is 6.38. The first kappa shape index (κ1) is 11.5. The van der Waals surface area contributed by atoms with E-state index in [0.717, 1.165) is 36.9 Å². The minimum Gasteiger partial charge on any atom is -0.464 e. The first-order chi connectivity index (χ1) is 8.83. The zero-order valence-electron chi connectivity index (χ0n) is 10.4. The van der Waals surface area contributed by atoms with Crippen LogP contribution in [-0.4, -0.2) is 16.7 Å². The summed E-state index contributed by atoms with van der Waals surface area (Å²) in [5.41, 5.74) is 0. The van der Waals surface area contributed by atoms with E-state index in [4.69, 9.17) is 8.94 Å². The van der Waals surface area contributed by atoms with Crippen LogP contribution in [0.1, 0.15) is 36.7 Å². The van der Waals surface area contributed by atoms with Gasteiger partial charge in [0.25, 0.3) is 0 Å². The van der Waals surface area contributed by atoms with E-state index < -0.39 is 0 Å². The lowest BCUT2D eigenvalue weighted by Gasteiger charge is -1.99. The Bertz CT molecular complexity index is 492. The summed E-state index contributed by atoms with van der Waals surface area (Å²) in [5.74, 6) is 4.23. The largest absolute Gasteiger partial charge is 0.464 e. The number of aromatic nitrogens is 2. The summed E-state index contributed by atoms with van der Waals surface area (Å²) in [7, 11) is 0. The van der Waals surface area contributed by atoms with Gasteiger partial charge >= 0.3 is 0 Å². The fraction of sp³-hybridized carbons (Fsp3) is 0.538. The molecule has 1 aliphatic rings. The van der Waals surface area contributed by atoms with Gasteiger partial charge in [0.1, 0.15) is 11.5 Å². The predicted octanol–water partition coefficient (Wildman–Crippen LogP) is 2.12. The molecule has 5 nitrogen and oxygen atoms in total. The van der Waals surface area contributed by atoms with Crippen molar-refractivity contribution in [2.24, 2.45) is 5.92 Å². The Morgan fingerprint density at radius 1 is 1.44 bits per heavy atom. The van der Waals surface area contributed by atoms with Crippen molar-refractivity contribution in [2.75, 3.05) is 6.54 Å². The van der Waals surface area contributed by atoms with Crippen LogP contribution in [0.3, 0.4) is 0 Å². The lowest BCUT2D eigenvalue weighted by atomic mass is 10.3. The van der Waals surface area contributed by atoms with Crippen molar-refractivity contribution in [3.63, 3.8) is 0 Å². The molecule has 1 aliphatic carbocycles. The Kier molecular flexibility index (Phi) is 3.15. The second kappa shape index (κ2) is 4.94. The third kappa shape index (κ3) is 2.61. The molecule has 1 N–H and O–H groups in total. The zero-order valence-corrected chi connectivity index (χ0v) is 10.4. The van der Waals surface area contributed by atoms with Crippen molar-refractivity contribution in [3.8, 4) is 0 Å². The molecule has 0 aliphatic heterocycles. The molecule has 1 fully saturated rings. The van der Waals surface area contributed by atoms with E-state index in [0.29, 0.717) is 11.8 Å². The number of hydrogen-bond donors (Lipinski definition) is 1. The third-order valence-corrected chi connectivity index (χ3v) is 3.38. The van der Waals surface area contributed by atoms with Crippen molar-refractivity contribution in [2.45, 2.75) is 32.2 Å². The molecule has 0 bridgehead atoms. The van der Waals surface area contributed by atoms with E-state index >= 15 is 0 Å². The van der Waals surface area contributed by atoms with Gasteiger partial charge in [0.2, 0.25) is 5.89 Å². The van der Waals surface area contributed by atoms with E-state index in [1.807, 2.05) is 0 Å². The standard InChI is InChI=1S/C13H17N3O2/c1-9-6-11(9)12-3-2-10(17-12)7-14-5-4-13-15-8-16-18-13/h2-3,8-9,11,14H,4-7H2,1H3. The Morgan fingerprint density at radius 3 is 3.06 bits per heavy atom. The summed E-state index contributed by atoms with van der Waals surface area (Å²) >= 11 is 0. The molecular formula is C13H17N3O2. The first-order valence-electron chi connectivity index (χ1n) is 6.38. The van der Waals surface area contributed by atoms with Crippen molar-refractivity contribution in [3.05, 3.63) is 35.9 Å². The predicted molar refractivity (Wildman–Crippen MR) is 64.9 cm³/mol. The molecule has 1 saturated carbocycles. The van der Waals surface area contributed by atoms with Crippen molar-refractivity contribution in [1.29, 1.82) is 0 Å². The quantitative estimate of drug-likeness (QED) is 0.792. The van der Waals surface area contributed by atoms with Crippen molar-refractivity contribution in [1.82, 2.24) is 15.5 Å². The van der Waals surface area contributed by atoms with Crippen LogP contribution in [0.15, 0.2) is 27.4 Å². The normalized spacial score (nSPS) is 22.3. The van der Waals surface area contributed by atoms with Gasteiger partial charge < -0.3 is 14.3 Å². The van der Waals surface area contributed by atoms with Gasteiger partial charge in [0.05, 0.1) is 6.54 Å². The molecule has 2 unspecified atom stereocenters. The average molecular weight is 247 g/mol. The number of furan rings is 1. The van der Waals surface area contributed by atoms with Gasteiger partial charge in [-0.25, -0.2) is 0 Å². The highest BCUT2D eigenvalue weighted by Crippen LogP contribution is 2.47. The molecule has 2 atom stereocenters. The SMILES string of the molecule is CC1CC1c1ccc(CNCCc2ncno2)o1. The summed E-state index contributed by atoms with van der Waals surface area (Å²) < 4.78 is 10.7. The molecule has 0 spiro atoms. The minimum absolute atomic E-state index is 0.650. The topological polar surface area (TPSA) is 64.1 Å².